The Bertz CT molecular complexity index is 70.7. The van der Waals surface area contributed by atoms with E-state index in [1.54, 1.807) is 0 Å². The third kappa shape index (κ3) is 4.39. The fourth-order valence-corrected chi connectivity index (χ4v) is 0.242. The maximum atomic E-state index is 9.75. The molecule has 0 aliphatic carbocycles. The van der Waals surface area contributed by atoms with Crippen molar-refractivity contribution in [1.29, 1.82) is 0 Å². The minimum atomic E-state index is -0.635. The van der Waals surface area contributed by atoms with Crippen molar-refractivity contribution in [3.63, 3.8) is 0 Å². The molecule has 0 saturated carbocycles. The van der Waals surface area contributed by atoms with Gasteiger partial charge in [-0.3, -0.25) is 0 Å². The summed E-state index contributed by atoms with van der Waals surface area (Å²) in [6, 6.07) is 0. The maximum absolute atomic E-state index is 9.75. The van der Waals surface area contributed by atoms with E-state index in [1.807, 2.05) is 20.8 Å². The quantitative estimate of drug-likeness (QED) is 0.331. The zero-order chi connectivity index (χ0) is 7.33. The van der Waals surface area contributed by atoms with E-state index < -0.39 is 6.79 Å². The van der Waals surface area contributed by atoms with E-state index in [4.69, 9.17) is 4.89 Å². The second-order valence-corrected chi connectivity index (χ2v) is 2.43. The van der Waals surface area contributed by atoms with Gasteiger partial charge in [0, 0.05) is 0 Å². The van der Waals surface area contributed by atoms with Gasteiger partial charge in [-0.15, -0.1) is 0 Å². The van der Waals surface area contributed by atoms with Crippen molar-refractivity contribution in [2.24, 2.45) is 0 Å². The lowest BCUT2D eigenvalue weighted by molar-refractivity contribution is -0.387. The van der Waals surface area contributed by atoms with Gasteiger partial charge in [0.05, 0.1) is 5.60 Å². The first-order chi connectivity index (χ1) is 4.12. The molecule has 0 bridgehead atoms. The lowest BCUT2D eigenvalue weighted by Gasteiger charge is -2.19. The molecule has 0 rings (SSSR count). The first kappa shape index (κ1) is 8.88. The lowest BCUT2D eigenvalue weighted by atomic mass is 10.1. The summed E-state index contributed by atoms with van der Waals surface area (Å²) in [5.74, 6) is 0. The van der Waals surface area contributed by atoms with E-state index in [0.29, 0.717) is 0 Å². The molecular formula is C6H13O3. The molecule has 3 nitrogen and oxygen atoms in total. The highest BCUT2D eigenvalue weighted by molar-refractivity contribution is 4.61. The third-order valence-electron chi connectivity index (χ3n) is 1.18. The molecule has 0 N–H and O–H groups in total. The first-order valence-corrected chi connectivity index (χ1v) is 3.01. The van der Waals surface area contributed by atoms with Crippen LogP contribution in [-0.4, -0.2) is 12.4 Å². The molecule has 55 valence electrons. The van der Waals surface area contributed by atoms with Crippen LogP contribution in [0.3, 0.4) is 0 Å². The second kappa shape index (κ2) is 3.82. The van der Waals surface area contributed by atoms with Gasteiger partial charge in [-0.1, -0.05) is 6.92 Å². The molecule has 0 saturated heterocycles. The second-order valence-electron chi connectivity index (χ2n) is 2.43. The average molecular weight is 133 g/mol. The molecule has 3 heteroatoms. The van der Waals surface area contributed by atoms with Gasteiger partial charge in [0.1, 0.15) is 0 Å². The van der Waals surface area contributed by atoms with Crippen LogP contribution in [-0.2, 0) is 14.9 Å². The van der Waals surface area contributed by atoms with Crippen LogP contribution in [0.15, 0.2) is 0 Å². The highest BCUT2D eigenvalue weighted by Gasteiger charge is 2.16. The molecule has 0 aromatic heterocycles. The first-order valence-electron chi connectivity index (χ1n) is 3.01. The van der Waals surface area contributed by atoms with Crippen molar-refractivity contribution in [1.82, 2.24) is 0 Å². The van der Waals surface area contributed by atoms with Crippen molar-refractivity contribution in [2.45, 2.75) is 32.8 Å². The van der Waals surface area contributed by atoms with Gasteiger partial charge in [-0.2, -0.15) is 0 Å². The molecule has 0 spiro atoms. The largest absolute Gasteiger partial charge is 0.228 e. The minimum Gasteiger partial charge on any atom is -0.228 e. The van der Waals surface area contributed by atoms with Crippen LogP contribution in [0.5, 0.6) is 0 Å². The van der Waals surface area contributed by atoms with Crippen molar-refractivity contribution in [2.75, 3.05) is 6.79 Å². The highest BCUT2D eigenvalue weighted by Crippen LogP contribution is 2.12. The van der Waals surface area contributed by atoms with E-state index in [-0.39, 0.29) is 5.60 Å². The van der Waals surface area contributed by atoms with Crippen LogP contribution < -0.4 is 0 Å². The van der Waals surface area contributed by atoms with Crippen molar-refractivity contribution < 1.29 is 14.9 Å². The standard InChI is InChI=1S/C6H13O3/c1-4-6(2,3)9-8-5-7/h4-5H2,1-3H3. The summed E-state index contributed by atoms with van der Waals surface area (Å²) >= 11 is 0. The Hall–Kier alpha value is -0.120. The van der Waals surface area contributed by atoms with Gasteiger partial charge >= 0.3 is 0 Å². The molecule has 0 aromatic rings. The van der Waals surface area contributed by atoms with Crippen molar-refractivity contribution in [3.8, 4) is 0 Å². The molecule has 0 unspecified atom stereocenters. The number of hydrogen-bond acceptors (Lipinski definition) is 2. The number of rotatable bonds is 4. The van der Waals surface area contributed by atoms with Gasteiger partial charge in [0.2, 0.25) is 6.79 Å². The fraction of sp³-hybridized carbons (Fsp3) is 1.00. The Morgan fingerprint density at radius 1 is 1.44 bits per heavy atom. The predicted octanol–water partition coefficient (Wildman–Crippen LogP) is 1.51. The van der Waals surface area contributed by atoms with Crippen molar-refractivity contribution >= 4 is 0 Å². The molecule has 0 amide bonds. The summed E-state index contributed by atoms with van der Waals surface area (Å²) in [6.45, 7) is 5.06. The minimum absolute atomic E-state index is 0.329. The molecule has 0 atom stereocenters. The molecule has 0 aromatic carbocycles. The van der Waals surface area contributed by atoms with Crippen LogP contribution in [0.2, 0.25) is 0 Å². The predicted molar refractivity (Wildman–Crippen MR) is 32.1 cm³/mol. The van der Waals surface area contributed by atoms with Gasteiger partial charge < -0.3 is 0 Å². The third-order valence-corrected chi connectivity index (χ3v) is 1.18. The van der Waals surface area contributed by atoms with E-state index in [9.17, 15) is 5.11 Å². The van der Waals surface area contributed by atoms with Gasteiger partial charge in [-0.25, -0.2) is 14.9 Å². The summed E-state index contributed by atoms with van der Waals surface area (Å²) in [7, 11) is 0. The van der Waals surface area contributed by atoms with Crippen LogP contribution in [0.4, 0.5) is 0 Å². The van der Waals surface area contributed by atoms with E-state index in [1.165, 1.54) is 0 Å². The maximum Gasteiger partial charge on any atom is 0.214 e. The van der Waals surface area contributed by atoms with Crippen LogP contribution in [0.25, 0.3) is 0 Å². The smallest absolute Gasteiger partial charge is 0.214 e. The van der Waals surface area contributed by atoms with Crippen LogP contribution in [0.1, 0.15) is 27.2 Å². The van der Waals surface area contributed by atoms with Crippen LogP contribution in [0, 0.1) is 0 Å². The highest BCUT2D eigenvalue weighted by atomic mass is 17.2. The Morgan fingerprint density at radius 3 is 2.33 bits per heavy atom. The zero-order valence-corrected chi connectivity index (χ0v) is 6.14. The van der Waals surface area contributed by atoms with E-state index in [2.05, 4.69) is 4.89 Å². The molecule has 1 radical (unpaired) electrons. The topological polar surface area (TPSA) is 38.4 Å². The normalized spacial score (nSPS) is 12.0. The van der Waals surface area contributed by atoms with Gasteiger partial charge in [-0.05, 0) is 20.3 Å². The summed E-state index contributed by atoms with van der Waals surface area (Å²) in [4.78, 5) is 8.95. The van der Waals surface area contributed by atoms with Gasteiger partial charge in [0.25, 0.3) is 0 Å². The van der Waals surface area contributed by atoms with E-state index >= 15 is 0 Å². The molecule has 9 heavy (non-hydrogen) atoms. The number of hydrogen-bond donors (Lipinski definition) is 0. The molecule has 0 fully saturated rings. The summed E-state index contributed by atoms with van der Waals surface area (Å²) < 4.78 is 0. The molecule has 0 aliphatic heterocycles. The fourth-order valence-electron chi connectivity index (χ4n) is 0.242. The molecular weight excluding hydrogens is 120 g/mol. The Kier molecular flexibility index (Phi) is 3.77. The SMILES string of the molecule is CCC(C)(C)OOC[O]. The van der Waals surface area contributed by atoms with Crippen LogP contribution >= 0.6 is 0 Å². The summed E-state index contributed by atoms with van der Waals surface area (Å²) in [5.41, 5.74) is -0.329. The monoisotopic (exact) mass is 133 g/mol. The van der Waals surface area contributed by atoms with Crippen molar-refractivity contribution in [3.05, 3.63) is 0 Å². The Morgan fingerprint density at radius 2 is 2.00 bits per heavy atom. The average Bonchev–Trinajstić information content (AvgIpc) is 1.84. The Balaban J connectivity index is 3.33. The molecule has 0 aliphatic rings. The lowest BCUT2D eigenvalue weighted by Crippen LogP contribution is -2.23. The summed E-state index contributed by atoms with van der Waals surface area (Å²) in [6.07, 6.45) is 0.826. The summed E-state index contributed by atoms with van der Waals surface area (Å²) in [5, 5.41) is 9.75. The zero-order valence-electron chi connectivity index (χ0n) is 6.14. The van der Waals surface area contributed by atoms with E-state index in [0.717, 1.165) is 6.42 Å². The Labute approximate surface area is 55.5 Å². The molecule has 0 heterocycles. The van der Waals surface area contributed by atoms with Gasteiger partial charge in [0.15, 0.2) is 0 Å².